The highest BCUT2D eigenvalue weighted by molar-refractivity contribution is 9.10. The summed E-state index contributed by atoms with van der Waals surface area (Å²) in [6, 6.07) is 7.07. The van der Waals surface area contributed by atoms with E-state index in [4.69, 9.17) is 14.3 Å². The Balaban J connectivity index is 2.11. The largest absolute Gasteiger partial charge is 0.484 e. The van der Waals surface area contributed by atoms with Gasteiger partial charge >= 0.3 is 5.97 Å². The zero-order valence-electron chi connectivity index (χ0n) is 9.64. The van der Waals surface area contributed by atoms with Crippen molar-refractivity contribution in [3.05, 3.63) is 51.9 Å². The Bertz CT molecular complexity index is 574. The average Bonchev–Trinajstić information content (AvgIpc) is 2.76. The van der Waals surface area contributed by atoms with Crippen molar-refractivity contribution in [1.82, 2.24) is 0 Å². The van der Waals surface area contributed by atoms with Crippen molar-refractivity contribution in [1.29, 1.82) is 0 Å². The number of carbonyl (C=O) groups is 1. The van der Waals surface area contributed by atoms with E-state index >= 15 is 0 Å². The lowest BCUT2D eigenvalue weighted by Gasteiger charge is -2.07. The number of hydrogen-bond acceptors (Lipinski definition) is 3. The van der Waals surface area contributed by atoms with Crippen LogP contribution >= 0.6 is 15.9 Å². The van der Waals surface area contributed by atoms with Crippen LogP contribution in [0, 0.1) is 6.92 Å². The summed E-state index contributed by atoms with van der Waals surface area (Å²) in [7, 11) is 0. The molecular weight excluding hydrogens is 300 g/mol. The molecule has 0 saturated carbocycles. The third kappa shape index (κ3) is 2.73. The summed E-state index contributed by atoms with van der Waals surface area (Å²) in [5.74, 6) is -0.0753. The molecule has 0 spiro atoms. The lowest BCUT2D eigenvalue weighted by atomic mass is 10.2. The van der Waals surface area contributed by atoms with Crippen LogP contribution in [0.15, 0.2) is 39.4 Å². The topological polar surface area (TPSA) is 59.7 Å². The number of rotatable bonds is 4. The van der Waals surface area contributed by atoms with Crippen LogP contribution in [0.5, 0.6) is 5.75 Å². The molecule has 1 heterocycles. The van der Waals surface area contributed by atoms with E-state index in [1.165, 1.54) is 12.3 Å². The Kier molecular flexibility index (Phi) is 3.72. The van der Waals surface area contributed by atoms with E-state index in [0.717, 1.165) is 10.0 Å². The Morgan fingerprint density at radius 2 is 2.22 bits per heavy atom. The van der Waals surface area contributed by atoms with E-state index in [1.807, 2.05) is 25.1 Å². The average molecular weight is 311 g/mol. The normalized spacial score (nSPS) is 10.3. The molecule has 94 valence electrons. The van der Waals surface area contributed by atoms with E-state index in [2.05, 4.69) is 15.9 Å². The van der Waals surface area contributed by atoms with Crippen LogP contribution in [0.3, 0.4) is 0 Å². The maximum atomic E-state index is 10.9. The van der Waals surface area contributed by atoms with E-state index in [-0.39, 0.29) is 12.2 Å². The number of ether oxygens (including phenoxy) is 1. The van der Waals surface area contributed by atoms with Crippen LogP contribution in [-0.4, -0.2) is 11.1 Å². The zero-order valence-corrected chi connectivity index (χ0v) is 11.2. The summed E-state index contributed by atoms with van der Waals surface area (Å²) in [4.78, 5) is 10.9. The predicted octanol–water partition coefficient (Wildman–Crippen LogP) is 3.63. The molecule has 0 atom stereocenters. The molecule has 0 unspecified atom stereocenters. The third-order valence-corrected chi connectivity index (χ3v) is 3.04. The molecular formula is C13H11BrO4. The standard InChI is InChI=1S/C13H11BrO4/c1-8-2-3-11(10(14)6-8)18-7-12-9(13(15)16)4-5-17-12/h2-6H,7H2,1H3,(H,15,16). The Hall–Kier alpha value is -1.75. The first-order valence-electron chi connectivity index (χ1n) is 5.26. The van der Waals surface area contributed by atoms with Crippen molar-refractivity contribution in [3.8, 4) is 5.75 Å². The summed E-state index contributed by atoms with van der Waals surface area (Å²) >= 11 is 3.39. The molecule has 0 amide bonds. The Labute approximate surface area is 112 Å². The minimum Gasteiger partial charge on any atom is -0.484 e. The number of benzene rings is 1. The van der Waals surface area contributed by atoms with Crippen LogP contribution in [0.2, 0.25) is 0 Å². The second-order valence-corrected chi connectivity index (χ2v) is 4.64. The van der Waals surface area contributed by atoms with Gasteiger partial charge in [0.15, 0.2) is 5.76 Å². The lowest BCUT2D eigenvalue weighted by molar-refractivity contribution is 0.0692. The van der Waals surface area contributed by atoms with Gasteiger partial charge < -0.3 is 14.3 Å². The highest BCUT2D eigenvalue weighted by atomic mass is 79.9. The first-order valence-corrected chi connectivity index (χ1v) is 6.06. The molecule has 2 rings (SSSR count). The van der Waals surface area contributed by atoms with Crippen molar-refractivity contribution < 1.29 is 19.1 Å². The highest BCUT2D eigenvalue weighted by Crippen LogP contribution is 2.27. The van der Waals surface area contributed by atoms with Gasteiger partial charge in [-0.1, -0.05) is 6.07 Å². The monoisotopic (exact) mass is 310 g/mol. The number of carboxylic acid groups (broad SMARTS) is 1. The Morgan fingerprint density at radius 1 is 1.44 bits per heavy atom. The molecule has 0 saturated heterocycles. The van der Waals surface area contributed by atoms with E-state index in [1.54, 1.807) is 0 Å². The fourth-order valence-corrected chi connectivity index (χ4v) is 2.12. The van der Waals surface area contributed by atoms with Gasteiger partial charge in [-0.3, -0.25) is 0 Å². The molecule has 2 aromatic rings. The second kappa shape index (κ2) is 5.27. The van der Waals surface area contributed by atoms with Crippen LogP contribution < -0.4 is 4.74 Å². The van der Waals surface area contributed by atoms with Crippen molar-refractivity contribution in [2.75, 3.05) is 0 Å². The SMILES string of the molecule is Cc1ccc(OCc2occc2C(=O)O)c(Br)c1. The van der Waals surface area contributed by atoms with Crippen molar-refractivity contribution in [3.63, 3.8) is 0 Å². The summed E-state index contributed by atoms with van der Waals surface area (Å²) in [5.41, 5.74) is 1.23. The fraction of sp³-hybridized carbons (Fsp3) is 0.154. The van der Waals surface area contributed by atoms with Gasteiger partial charge in [0.05, 0.1) is 10.7 Å². The van der Waals surface area contributed by atoms with Crippen LogP contribution in [-0.2, 0) is 6.61 Å². The van der Waals surface area contributed by atoms with Gasteiger partial charge in [0, 0.05) is 0 Å². The fourth-order valence-electron chi connectivity index (χ4n) is 1.51. The Morgan fingerprint density at radius 3 is 2.89 bits per heavy atom. The third-order valence-electron chi connectivity index (χ3n) is 2.42. The number of aromatic carboxylic acids is 1. The number of aryl methyl sites for hydroxylation is 1. The van der Waals surface area contributed by atoms with Crippen molar-refractivity contribution in [2.24, 2.45) is 0 Å². The summed E-state index contributed by atoms with van der Waals surface area (Å²) in [6.45, 7) is 2.06. The maximum absolute atomic E-state index is 10.9. The molecule has 0 bridgehead atoms. The number of hydrogen-bond donors (Lipinski definition) is 1. The summed E-state index contributed by atoms with van der Waals surface area (Å²) in [5, 5.41) is 8.92. The molecule has 4 nitrogen and oxygen atoms in total. The van der Waals surface area contributed by atoms with Gasteiger partial charge in [0.25, 0.3) is 0 Å². The van der Waals surface area contributed by atoms with Gasteiger partial charge in [-0.05, 0) is 46.6 Å². The zero-order chi connectivity index (χ0) is 13.1. The molecule has 0 fully saturated rings. The van der Waals surface area contributed by atoms with E-state index < -0.39 is 5.97 Å². The molecule has 0 aliphatic heterocycles. The lowest BCUT2D eigenvalue weighted by Crippen LogP contribution is -2.02. The smallest absolute Gasteiger partial charge is 0.339 e. The molecule has 1 aromatic carbocycles. The van der Waals surface area contributed by atoms with Gasteiger partial charge in [0.1, 0.15) is 17.9 Å². The van der Waals surface area contributed by atoms with Gasteiger partial charge in [-0.2, -0.15) is 0 Å². The van der Waals surface area contributed by atoms with Crippen LogP contribution in [0.4, 0.5) is 0 Å². The number of carboxylic acids is 1. The predicted molar refractivity (Wildman–Crippen MR) is 68.9 cm³/mol. The number of furan rings is 1. The minimum atomic E-state index is -1.02. The minimum absolute atomic E-state index is 0.0797. The summed E-state index contributed by atoms with van der Waals surface area (Å²) in [6.07, 6.45) is 1.34. The molecule has 18 heavy (non-hydrogen) atoms. The van der Waals surface area contributed by atoms with E-state index in [0.29, 0.717) is 11.5 Å². The molecule has 0 aliphatic rings. The quantitative estimate of drug-likeness (QED) is 0.936. The molecule has 1 N–H and O–H groups in total. The van der Waals surface area contributed by atoms with Gasteiger partial charge in [-0.25, -0.2) is 4.79 Å². The maximum Gasteiger partial charge on any atom is 0.339 e. The number of halogens is 1. The van der Waals surface area contributed by atoms with E-state index in [9.17, 15) is 4.79 Å². The van der Waals surface area contributed by atoms with Crippen LogP contribution in [0.1, 0.15) is 21.7 Å². The van der Waals surface area contributed by atoms with Crippen LogP contribution in [0.25, 0.3) is 0 Å². The molecule has 0 aliphatic carbocycles. The second-order valence-electron chi connectivity index (χ2n) is 3.79. The highest BCUT2D eigenvalue weighted by Gasteiger charge is 2.14. The van der Waals surface area contributed by atoms with Gasteiger partial charge in [0.2, 0.25) is 0 Å². The molecule has 5 heteroatoms. The summed E-state index contributed by atoms with van der Waals surface area (Å²) < 4.78 is 11.4. The first-order chi connectivity index (χ1) is 8.58. The first kappa shape index (κ1) is 12.7. The molecule has 0 radical (unpaired) electrons. The van der Waals surface area contributed by atoms with Crippen molar-refractivity contribution in [2.45, 2.75) is 13.5 Å². The van der Waals surface area contributed by atoms with Crippen molar-refractivity contribution >= 4 is 21.9 Å². The molecule has 1 aromatic heterocycles. The van der Waals surface area contributed by atoms with Gasteiger partial charge in [-0.15, -0.1) is 0 Å².